The van der Waals surface area contributed by atoms with Crippen LogP contribution in [0.3, 0.4) is 0 Å². The summed E-state index contributed by atoms with van der Waals surface area (Å²) in [6, 6.07) is 4.95. The summed E-state index contributed by atoms with van der Waals surface area (Å²) in [7, 11) is 0. The monoisotopic (exact) mass is 352 g/mol. The third-order valence-corrected chi connectivity index (χ3v) is 3.98. The van der Waals surface area contributed by atoms with Crippen LogP contribution >= 0.6 is 0 Å². The van der Waals surface area contributed by atoms with Crippen molar-refractivity contribution in [1.29, 1.82) is 0 Å². The summed E-state index contributed by atoms with van der Waals surface area (Å²) in [4.78, 5) is 0. The summed E-state index contributed by atoms with van der Waals surface area (Å²) in [6.07, 6.45) is 2.38. The molecule has 132 valence electrons. The van der Waals surface area contributed by atoms with Gasteiger partial charge in [-0.25, -0.2) is 13.2 Å². The van der Waals surface area contributed by atoms with E-state index in [0.29, 0.717) is 18.6 Å². The minimum absolute atomic E-state index is 0.0627. The fourth-order valence-electron chi connectivity index (χ4n) is 2.76. The van der Waals surface area contributed by atoms with Crippen LogP contribution in [0, 0.1) is 23.3 Å². The third kappa shape index (κ3) is 3.26. The average molecular weight is 352 g/mol. The van der Waals surface area contributed by atoms with E-state index in [1.54, 1.807) is 13.0 Å². The standard InChI is InChI=1S/C19H16F4O2/c1-2-25-15-8-7-14(18(22)19(15)23)13-6-5-12(16(20)17(13)21)11-4-3-9-24-10-11/h4-8H,2-3,9-10H2,1H3. The molecule has 0 bridgehead atoms. The lowest BCUT2D eigenvalue weighted by Gasteiger charge is -2.16. The SMILES string of the molecule is CCOc1ccc(-c2ccc(C3=CCCOC3)c(F)c2F)c(F)c1F. The molecule has 0 unspecified atom stereocenters. The van der Waals surface area contributed by atoms with Gasteiger partial charge >= 0.3 is 0 Å². The van der Waals surface area contributed by atoms with E-state index < -0.39 is 23.3 Å². The van der Waals surface area contributed by atoms with E-state index >= 15 is 0 Å². The first-order valence-corrected chi connectivity index (χ1v) is 7.91. The van der Waals surface area contributed by atoms with Crippen molar-refractivity contribution in [2.24, 2.45) is 0 Å². The smallest absolute Gasteiger partial charge is 0.201 e. The molecular weight excluding hydrogens is 336 g/mol. The van der Waals surface area contributed by atoms with E-state index in [0.717, 1.165) is 0 Å². The van der Waals surface area contributed by atoms with Crippen molar-refractivity contribution < 1.29 is 27.0 Å². The minimum atomic E-state index is -1.28. The molecule has 0 aromatic heterocycles. The molecule has 0 amide bonds. The maximum atomic E-state index is 14.5. The lowest BCUT2D eigenvalue weighted by molar-refractivity contribution is 0.164. The van der Waals surface area contributed by atoms with Gasteiger partial charge < -0.3 is 9.47 Å². The molecule has 0 saturated carbocycles. The highest BCUT2D eigenvalue weighted by Crippen LogP contribution is 2.34. The molecule has 0 saturated heterocycles. The molecule has 1 aliphatic heterocycles. The Morgan fingerprint density at radius 1 is 0.880 bits per heavy atom. The molecule has 0 aliphatic carbocycles. The molecule has 1 aliphatic rings. The molecule has 0 N–H and O–H groups in total. The minimum Gasteiger partial charge on any atom is -0.491 e. The van der Waals surface area contributed by atoms with E-state index in [4.69, 9.17) is 9.47 Å². The van der Waals surface area contributed by atoms with Gasteiger partial charge in [-0.15, -0.1) is 0 Å². The van der Waals surface area contributed by atoms with Gasteiger partial charge in [0.05, 0.1) is 19.8 Å². The molecule has 0 spiro atoms. The Balaban J connectivity index is 2.06. The summed E-state index contributed by atoms with van der Waals surface area (Å²) >= 11 is 0. The van der Waals surface area contributed by atoms with Gasteiger partial charge in [0.1, 0.15) is 0 Å². The highest BCUT2D eigenvalue weighted by atomic mass is 19.2. The van der Waals surface area contributed by atoms with E-state index in [2.05, 4.69) is 0 Å². The van der Waals surface area contributed by atoms with Gasteiger partial charge in [0.2, 0.25) is 5.82 Å². The molecule has 2 aromatic carbocycles. The van der Waals surface area contributed by atoms with Crippen LogP contribution in [0.15, 0.2) is 30.3 Å². The number of halogens is 4. The van der Waals surface area contributed by atoms with Crippen LogP contribution < -0.4 is 4.74 Å². The molecule has 0 radical (unpaired) electrons. The van der Waals surface area contributed by atoms with Crippen LogP contribution in [0.25, 0.3) is 16.7 Å². The molecule has 1 heterocycles. The van der Waals surface area contributed by atoms with E-state index in [1.165, 1.54) is 24.3 Å². The van der Waals surface area contributed by atoms with Crippen molar-refractivity contribution in [1.82, 2.24) is 0 Å². The Morgan fingerprint density at radius 3 is 2.12 bits per heavy atom. The first-order valence-electron chi connectivity index (χ1n) is 7.91. The number of benzene rings is 2. The number of hydrogen-bond donors (Lipinski definition) is 0. The number of rotatable bonds is 4. The van der Waals surface area contributed by atoms with Gasteiger partial charge in [-0.1, -0.05) is 18.2 Å². The Labute approximate surface area is 142 Å². The van der Waals surface area contributed by atoms with Crippen LogP contribution in [-0.4, -0.2) is 19.8 Å². The van der Waals surface area contributed by atoms with Crippen molar-refractivity contribution in [2.45, 2.75) is 13.3 Å². The normalized spacial score (nSPS) is 14.4. The second kappa shape index (κ2) is 7.27. The number of hydrogen-bond acceptors (Lipinski definition) is 2. The van der Waals surface area contributed by atoms with Gasteiger partial charge in [0.25, 0.3) is 0 Å². The van der Waals surface area contributed by atoms with Gasteiger partial charge in [0, 0.05) is 16.7 Å². The van der Waals surface area contributed by atoms with E-state index in [1.807, 2.05) is 0 Å². The Kier molecular flexibility index (Phi) is 5.08. The van der Waals surface area contributed by atoms with Crippen molar-refractivity contribution in [3.05, 3.63) is 59.2 Å². The van der Waals surface area contributed by atoms with Gasteiger partial charge in [-0.2, -0.15) is 4.39 Å². The Hall–Kier alpha value is -2.34. The van der Waals surface area contributed by atoms with Crippen molar-refractivity contribution in [3.63, 3.8) is 0 Å². The van der Waals surface area contributed by atoms with Crippen LogP contribution in [-0.2, 0) is 4.74 Å². The summed E-state index contributed by atoms with van der Waals surface area (Å²) in [6.45, 7) is 2.50. The first kappa shape index (κ1) is 17.5. The predicted octanol–water partition coefficient (Wildman–Crippen LogP) is 5.11. The molecule has 0 fully saturated rings. The Morgan fingerprint density at radius 2 is 1.48 bits per heavy atom. The summed E-state index contributed by atoms with van der Waals surface area (Å²) in [5.74, 6) is -5.12. The van der Waals surface area contributed by atoms with Crippen LogP contribution in [0.5, 0.6) is 5.75 Å². The largest absolute Gasteiger partial charge is 0.491 e. The fourth-order valence-corrected chi connectivity index (χ4v) is 2.76. The summed E-state index contributed by atoms with van der Waals surface area (Å²) in [5.41, 5.74) is -0.115. The molecular formula is C19H16F4O2. The zero-order chi connectivity index (χ0) is 18.0. The van der Waals surface area contributed by atoms with Crippen LogP contribution in [0.2, 0.25) is 0 Å². The zero-order valence-corrected chi connectivity index (χ0v) is 13.5. The highest BCUT2D eigenvalue weighted by Gasteiger charge is 2.22. The third-order valence-electron chi connectivity index (χ3n) is 3.98. The lowest BCUT2D eigenvalue weighted by atomic mass is 9.97. The van der Waals surface area contributed by atoms with Gasteiger partial charge in [-0.3, -0.25) is 0 Å². The fraction of sp³-hybridized carbons (Fsp3) is 0.263. The predicted molar refractivity (Wildman–Crippen MR) is 86.3 cm³/mol. The lowest BCUT2D eigenvalue weighted by Crippen LogP contribution is -2.08. The van der Waals surface area contributed by atoms with E-state index in [9.17, 15) is 17.6 Å². The van der Waals surface area contributed by atoms with Gasteiger partial charge in [-0.05, 0) is 31.1 Å². The van der Waals surface area contributed by atoms with Crippen molar-refractivity contribution in [3.8, 4) is 16.9 Å². The molecule has 25 heavy (non-hydrogen) atoms. The molecule has 3 rings (SSSR count). The first-order chi connectivity index (χ1) is 12.0. The van der Waals surface area contributed by atoms with Gasteiger partial charge in [0.15, 0.2) is 23.2 Å². The summed E-state index contributed by atoms with van der Waals surface area (Å²) < 4.78 is 67.4. The summed E-state index contributed by atoms with van der Waals surface area (Å²) in [5, 5.41) is 0. The van der Waals surface area contributed by atoms with Crippen LogP contribution in [0.4, 0.5) is 17.6 Å². The maximum absolute atomic E-state index is 14.5. The zero-order valence-electron chi connectivity index (χ0n) is 13.5. The molecule has 6 heteroatoms. The maximum Gasteiger partial charge on any atom is 0.201 e. The topological polar surface area (TPSA) is 18.5 Å². The highest BCUT2D eigenvalue weighted by molar-refractivity contribution is 5.73. The molecule has 2 aromatic rings. The van der Waals surface area contributed by atoms with E-state index in [-0.39, 0.29) is 35.7 Å². The average Bonchev–Trinajstić information content (AvgIpc) is 2.63. The number of ether oxygens (including phenoxy) is 2. The van der Waals surface area contributed by atoms with Crippen LogP contribution in [0.1, 0.15) is 18.9 Å². The second-order valence-corrected chi connectivity index (χ2v) is 5.53. The second-order valence-electron chi connectivity index (χ2n) is 5.53. The van der Waals surface area contributed by atoms with Crippen molar-refractivity contribution in [2.75, 3.05) is 19.8 Å². The molecule has 2 nitrogen and oxygen atoms in total. The Bertz CT molecular complexity index is 831. The molecule has 0 atom stereocenters. The quantitative estimate of drug-likeness (QED) is 0.712. The van der Waals surface area contributed by atoms with Crippen molar-refractivity contribution >= 4 is 5.57 Å².